The van der Waals surface area contributed by atoms with Gasteiger partial charge in [0.05, 0.1) is 0 Å². The Hall–Kier alpha value is -1.96. The topological polar surface area (TPSA) is 31.2 Å². The van der Waals surface area contributed by atoms with Crippen LogP contribution in [0.5, 0.6) is 0 Å². The SMILES string of the molecule is CC1Cc2cc(C3=C(C=O)[C@H](C)CC3)cc3c[nH+]cc1c23. The lowest BCUT2D eigenvalue weighted by Gasteiger charge is -2.08. The summed E-state index contributed by atoms with van der Waals surface area (Å²) in [7, 11) is 0. The molecule has 1 N–H and O–H groups in total. The van der Waals surface area contributed by atoms with Crippen molar-refractivity contribution in [2.24, 2.45) is 5.92 Å². The van der Waals surface area contributed by atoms with E-state index in [1.807, 2.05) is 0 Å². The molecule has 2 aromatic rings. The Balaban J connectivity index is 1.96. The molecule has 0 saturated heterocycles. The Kier molecular flexibility index (Phi) is 2.75. The van der Waals surface area contributed by atoms with E-state index >= 15 is 0 Å². The van der Waals surface area contributed by atoms with Crippen LogP contribution in [0.3, 0.4) is 0 Å². The van der Waals surface area contributed by atoms with Crippen LogP contribution >= 0.6 is 0 Å². The Morgan fingerprint density at radius 1 is 1.19 bits per heavy atom. The summed E-state index contributed by atoms with van der Waals surface area (Å²) in [5.74, 6) is 0.982. The second-order valence-corrected chi connectivity index (χ2v) is 6.61. The molecule has 1 aromatic carbocycles. The van der Waals surface area contributed by atoms with Gasteiger partial charge in [0.25, 0.3) is 0 Å². The van der Waals surface area contributed by atoms with E-state index in [0.717, 1.165) is 31.1 Å². The third kappa shape index (κ3) is 1.78. The van der Waals surface area contributed by atoms with Crippen molar-refractivity contribution >= 4 is 22.6 Å². The lowest BCUT2D eigenvalue weighted by Crippen LogP contribution is -2.02. The molecule has 2 aliphatic carbocycles. The first kappa shape index (κ1) is 12.8. The van der Waals surface area contributed by atoms with Crippen molar-refractivity contribution in [3.05, 3.63) is 46.8 Å². The van der Waals surface area contributed by atoms with Crippen LogP contribution in [-0.4, -0.2) is 6.29 Å². The molecule has 1 aromatic heterocycles. The van der Waals surface area contributed by atoms with Gasteiger partial charge in [0.2, 0.25) is 0 Å². The molecule has 4 rings (SSSR count). The minimum absolute atomic E-state index is 0.401. The van der Waals surface area contributed by atoms with Crippen LogP contribution < -0.4 is 4.98 Å². The van der Waals surface area contributed by atoms with Gasteiger partial charge in [0.15, 0.2) is 12.4 Å². The van der Waals surface area contributed by atoms with E-state index in [1.54, 1.807) is 0 Å². The molecule has 0 bridgehead atoms. The van der Waals surface area contributed by atoms with Crippen molar-refractivity contribution < 1.29 is 9.78 Å². The number of nitrogens with one attached hydrogen (secondary N) is 1. The Bertz CT molecular complexity index is 787. The molecule has 0 saturated carbocycles. The third-order valence-corrected chi connectivity index (χ3v) is 5.26. The molecular weight excluding hydrogens is 258 g/mol. The summed E-state index contributed by atoms with van der Waals surface area (Å²) in [4.78, 5) is 14.7. The first-order valence-corrected chi connectivity index (χ1v) is 7.84. The fourth-order valence-electron chi connectivity index (χ4n) is 4.11. The molecule has 106 valence electrons. The standard InChI is InChI=1S/C19H19NO/c1-11-3-4-16(18(11)10-21)13-6-14-5-12(2)17-9-20-8-15(7-13)19(14)17/h6-12H,3-5H2,1-2H3/p+1/t11-,12?/m1/s1. The van der Waals surface area contributed by atoms with Gasteiger partial charge in [-0.05, 0) is 59.4 Å². The Morgan fingerprint density at radius 3 is 2.86 bits per heavy atom. The lowest BCUT2D eigenvalue weighted by molar-refractivity contribution is -0.376. The number of aldehydes is 1. The molecule has 0 spiro atoms. The number of carbonyl (C=O) groups is 1. The maximum atomic E-state index is 11.4. The van der Waals surface area contributed by atoms with Gasteiger partial charge < -0.3 is 0 Å². The first-order valence-electron chi connectivity index (χ1n) is 7.84. The number of aromatic amines is 1. The van der Waals surface area contributed by atoms with Crippen LogP contribution in [0, 0.1) is 5.92 Å². The molecule has 0 aliphatic heterocycles. The third-order valence-electron chi connectivity index (χ3n) is 5.26. The Morgan fingerprint density at radius 2 is 2.05 bits per heavy atom. The molecule has 0 fully saturated rings. The number of allylic oxidation sites excluding steroid dienone is 2. The zero-order chi connectivity index (χ0) is 14.6. The summed E-state index contributed by atoms with van der Waals surface area (Å²) in [5.41, 5.74) is 6.40. The van der Waals surface area contributed by atoms with Crippen LogP contribution in [0.4, 0.5) is 0 Å². The van der Waals surface area contributed by atoms with Crippen LogP contribution in [0.15, 0.2) is 30.1 Å². The number of hydrogen-bond donors (Lipinski definition) is 0. The van der Waals surface area contributed by atoms with E-state index in [1.165, 1.54) is 33.0 Å². The van der Waals surface area contributed by atoms with Crippen molar-refractivity contribution in [3.8, 4) is 0 Å². The van der Waals surface area contributed by atoms with Crippen molar-refractivity contribution in [2.75, 3.05) is 0 Å². The quantitative estimate of drug-likeness (QED) is 0.771. The van der Waals surface area contributed by atoms with Crippen molar-refractivity contribution in [2.45, 2.75) is 39.0 Å². The first-order chi connectivity index (χ1) is 10.2. The van der Waals surface area contributed by atoms with E-state index in [4.69, 9.17) is 0 Å². The Labute approximate surface area is 124 Å². The molecule has 0 amide bonds. The smallest absolute Gasteiger partial charge is 0.174 e. The number of carbonyl (C=O) groups excluding carboxylic acids is 1. The predicted molar refractivity (Wildman–Crippen MR) is 84.0 cm³/mol. The predicted octanol–water partition coefficient (Wildman–Crippen LogP) is 3.70. The van der Waals surface area contributed by atoms with E-state index in [2.05, 4.69) is 43.4 Å². The molecule has 2 atom stereocenters. The number of hydrogen-bond acceptors (Lipinski definition) is 1. The highest BCUT2D eigenvalue weighted by molar-refractivity contribution is 5.96. The van der Waals surface area contributed by atoms with Crippen molar-refractivity contribution in [3.63, 3.8) is 0 Å². The summed E-state index contributed by atoms with van der Waals surface area (Å²) in [6, 6.07) is 4.58. The average Bonchev–Trinajstić information content (AvgIpc) is 3.01. The molecule has 0 radical (unpaired) electrons. The lowest BCUT2D eigenvalue weighted by atomic mass is 9.96. The van der Waals surface area contributed by atoms with E-state index in [0.29, 0.717) is 11.8 Å². The second kappa shape index (κ2) is 4.52. The molecule has 2 heteroatoms. The molecule has 2 aliphatic rings. The van der Waals surface area contributed by atoms with Crippen LogP contribution in [0.1, 0.15) is 49.3 Å². The van der Waals surface area contributed by atoms with Gasteiger partial charge >= 0.3 is 0 Å². The highest BCUT2D eigenvalue weighted by Crippen LogP contribution is 2.42. The molecule has 1 heterocycles. The molecule has 2 nitrogen and oxygen atoms in total. The average molecular weight is 278 g/mol. The number of H-pyrrole nitrogens is 1. The van der Waals surface area contributed by atoms with Crippen molar-refractivity contribution in [1.82, 2.24) is 0 Å². The number of pyridine rings is 1. The van der Waals surface area contributed by atoms with Gasteiger partial charge in [-0.2, -0.15) is 0 Å². The highest BCUT2D eigenvalue weighted by Gasteiger charge is 2.27. The zero-order valence-electron chi connectivity index (χ0n) is 12.6. The van der Waals surface area contributed by atoms with Gasteiger partial charge in [-0.15, -0.1) is 0 Å². The zero-order valence-corrected chi connectivity index (χ0v) is 12.6. The fourth-order valence-corrected chi connectivity index (χ4v) is 4.11. The largest absolute Gasteiger partial charge is 0.298 e. The monoisotopic (exact) mass is 278 g/mol. The van der Waals surface area contributed by atoms with Crippen LogP contribution in [-0.2, 0) is 11.2 Å². The van der Waals surface area contributed by atoms with E-state index < -0.39 is 0 Å². The van der Waals surface area contributed by atoms with Gasteiger partial charge in [-0.1, -0.05) is 19.9 Å². The number of rotatable bonds is 2. The maximum Gasteiger partial charge on any atom is 0.174 e. The second-order valence-electron chi connectivity index (χ2n) is 6.61. The van der Waals surface area contributed by atoms with Gasteiger partial charge in [0, 0.05) is 16.3 Å². The number of benzene rings is 1. The van der Waals surface area contributed by atoms with Crippen LogP contribution in [0.25, 0.3) is 16.3 Å². The summed E-state index contributed by atoms with van der Waals surface area (Å²) < 4.78 is 0. The van der Waals surface area contributed by atoms with Crippen molar-refractivity contribution in [1.29, 1.82) is 0 Å². The summed E-state index contributed by atoms with van der Waals surface area (Å²) in [6.07, 6.45) is 8.53. The van der Waals surface area contributed by atoms with Gasteiger partial charge in [0.1, 0.15) is 6.29 Å². The fraction of sp³-hybridized carbons (Fsp3) is 0.368. The molecule has 21 heavy (non-hydrogen) atoms. The number of aromatic nitrogens is 1. The van der Waals surface area contributed by atoms with Crippen LogP contribution in [0.2, 0.25) is 0 Å². The summed E-state index contributed by atoms with van der Waals surface area (Å²) >= 11 is 0. The molecule has 1 unspecified atom stereocenters. The highest BCUT2D eigenvalue weighted by atomic mass is 16.1. The molecular formula is C19H20NO+. The van der Waals surface area contributed by atoms with E-state index in [9.17, 15) is 4.79 Å². The minimum atomic E-state index is 0.401. The minimum Gasteiger partial charge on any atom is -0.298 e. The summed E-state index contributed by atoms with van der Waals surface area (Å²) in [5, 5.41) is 2.70. The normalized spacial score (nSPS) is 24.1. The van der Waals surface area contributed by atoms with Gasteiger partial charge in [-0.25, -0.2) is 4.98 Å². The van der Waals surface area contributed by atoms with E-state index in [-0.39, 0.29) is 0 Å². The maximum absolute atomic E-state index is 11.4. The van der Waals surface area contributed by atoms with Gasteiger partial charge in [-0.3, -0.25) is 4.79 Å². The summed E-state index contributed by atoms with van der Waals surface area (Å²) in [6.45, 7) is 4.45.